The summed E-state index contributed by atoms with van der Waals surface area (Å²) in [5.74, 6) is 0.939. The Kier molecular flexibility index (Phi) is 5.79. The van der Waals surface area contributed by atoms with Crippen LogP contribution in [0.25, 0.3) is 0 Å². The molecule has 0 spiro atoms. The van der Waals surface area contributed by atoms with Crippen LogP contribution in [-0.4, -0.2) is 24.0 Å². The molecule has 0 saturated carbocycles. The number of ether oxygens (including phenoxy) is 2. The number of hydrogen-bond acceptors (Lipinski definition) is 5. The van der Waals surface area contributed by atoms with E-state index < -0.39 is 5.91 Å². The number of carbonyl (C=O) groups excluding carboxylic acids is 1. The molecular weight excluding hydrogens is 380 g/mol. The lowest BCUT2D eigenvalue weighted by Gasteiger charge is -2.16. The molecule has 0 atom stereocenters. The van der Waals surface area contributed by atoms with Gasteiger partial charge in [-0.25, -0.2) is 5.43 Å². The average molecular weight is 403 g/mol. The van der Waals surface area contributed by atoms with E-state index in [1.807, 2.05) is 33.8 Å². The minimum atomic E-state index is -0.491. The molecule has 7 heteroatoms. The standard InChI is InChI=1S/C21H23ClN2O4/c1-11(2)13-5-15(12(3)4)20(25)16(6-13)21(26)24-23-9-14-7-18-19(8-17(14)22)28-10-27-18/h5-9,11-12,25H,10H2,1-4H3,(H,24,26)/b23-9-. The third-order valence-corrected chi connectivity index (χ3v) is 4.88. The van der Waals surface area contributed by atoms with Crippen LogP contribution in [0.4, 0.5) is 0 Å². The van der Waals surface area contributed by atoms with E-state index in [9.17, 15) is 9.90 Å². The van der Waals surface area contributed by atoms with Crippen molar-refractivity contribution in [1.29, 1.82) is 0 Å². The highest BCUT2D eigenvalue weighted by Gasteiger charge is 2.19. The van der Waals surface area contributed by atoms with Gasteiger partial charge in [0.1, 0.15) is 5.75 Å². The van der Waals surface area contributed by atoms with Crippen molar-refractivity contribution in [3.05, 3.63) is 51.5 Å². The van der Waals surface area contributed by atoms with E-state index in [0.717, 1.165) is 11.1 Å². The Hall–Kier alpha value is -2.73. The van der Waals surface area contributed by atoms with Gasteiger partial charge in [-0.05, 0) is 35.1 Å². The van der Waals surface area contributed by atoms with Gasteiger partial charge in [0.15, 0.2) is 11.5 Å². The number of aromatic hydroxyl groups is 1. The van der Waals surface area contributed by atoms with Crippen molar-refractivity contribution in [3.8, 4) is 17.2 Å². The first-order valence-corrected chi connectivity index (χ1v) is 9.45. The Morgan fingerprint density at radius 3 is 2.46 bits per heavy atom. The fourth-order valence-electron chi connectivity index (χ4n) is 2.88. The van der Waals surface area contributed by atoms with Crippen LogP contribution in [0, 0.1) is 0 Å². The molecule has 0 radical (unpaired) electrons. The van der Waals surface area contributed by atoms with Crippen LogP contribution in [-0.2, 0) is 0 Å². The van der Waals surface area contributed by atoms with E-state index >= 15 is 0 Å². The van der Waals surface area contributed by atoms with Crippen LogP contribution < -0.4 is 14.9 Å². The van der Waals surface area contributed by atoms with Gasteiger partial charge in [0.2, 0.25) is 6.79 Å². The molecule has 28 heavy (non-hydrogen) atoms. The predicted octanol–water partition coefficient (Wildman–Crippen LogP) is 4.79. The second-order valence-corrected chi connectivity index (χ2v) is 7.65. The topological polar surface area (TPSA) is 80.2 Å². The lowest BCUT2D eigenvalue weighted by molar-refractivity contribution is 0.0952. The largest absolute Gasteiger partial charge is 0.507 e. The first kappa shape index (κ1) is 20.0. The van der Waals surface area contributed by atoms with Crippen molar-refractivity contribution in [2.75, 3.05) is 6.79 Å². The molecule has 0 saturated heterocycles. The summed E-state index contributed by atoms with van der Waals surface area (Å²) in [6.45, 7) is 8.17. The van der Waals surface area contributed by atoms with Gasteiger partial charge in [-0.2, -0.15) is 5.10 Å². The summed E-state index contributed by atoms with van der Waals surface area (Å²) in [4.78, 5) is 12.6. The number of fused-ring (bicyclic) bond motifs is 1. The molecule has 6 nitrogen and oxygen atoms in total. The van der Waals surface area contributed by atoms with Crippen LogP contribution in [0.5, 0.6) is 17.2 Å². The van der Waals surface area contributed by atoms with E-state index in [2.05, 4.69) is 10.5 Å². The minimum absolute atomic E-state index is 0.0202. The fraction of sp³-hybridized carbons (Fsp3) is 0.333. The predicted molar refractivity (Wildman–Crippen MR) is 109 cm³/mol. The second kappa shape index (κ2) is 8.10. The van der Waals surface area contributed by atoms with Crippen molar-refractivity contribution in [2.45, 2.75) is 39.5 Å². The van der Waals surface area contributed by atoms with E-state index in [0.29, 0.717) is 22.1 Å². The van der Waals surface area contributed by atoms with Crippen LogP contribution in [0.15, 0.2) is 29.4 Å². The summed E-state index contributed by atoms with van der Waals surface area (Å²) in [5, 5.41) is 14.9. The van der Waals surface area contributed by atoms with Gasteiger partial charge >= 0.3 is 0 Å². The Morgan fingerprint density at radius 1 is 1.14 bits per heavy atom. The van der Waals surface area contributed by atoms with Gasteiger partial charge in [-0.3, -0.25) is 4.79 Å². The first-order chi connectivity index (χ1) is 13.3. The number of nitrogens with zero attached hydrogens (tertiary/aromatic N) is 1. The van der Waals surface area contributed by atoms with E-state index in [-0.39, 0.29) is 29.9 Å². The van der Waals surface area contributed by atoms with Crippen LogP contribution >= 0.6 is 11.6 Å². The monoisotopic (exact) mass is 402 g/mol. The molecule has 3 rings (SSSR count). The Labute approximate surface area is 169 Å². The number of halogens is 1. The van der Waals surface area contributed by atoms with Crippen LogP contribution in [0.3, 0.4) is 0 Å². The van der Waals surface area contributed by atoms with Crippen molar-refractivity contribution in [3.63, 3.8) is 0 Å². The number of phenols is 1. The molecule has 2 aromatic rings. The average Bonchev–Trinajstić information content (AvgIpc) is 3.08. The highest BCUT2D eigenvalue weighted by Crippen LogP contribution is 2.36. The number of benzene rings is 2. The van der Waals surface area contributed by atoms with Crippen molar-refractivity contribution < 1.29 is 19.4 Å². The van der Waals surface area contributed by atoms with Gasteiger partial charge in [0.25, 0.3) is 5.91 Å². The fourth-order valence-corrected chi connectivity index (χ4v) is 3.08. The second-order valence-electron chi connectivity index (χ2n) is 7.24. The Bertz CT molecular complexity index is 938. The van der Waals surface area contributed by atoms with E-state index in [1.165, 1.54) is 6.21 Å². The number of carbonyl (C=O) groups is 1. The third-order valence-electron chi connectivity index (χ3n) is 4.56. The van der Waals surface area contributed by atoms with Gasteiger partial charge in [-0.1, -0.05) is 45.4 Å². The van der Waals surface area contributed by atoms with Gasteiger partial charge in [0, 0.05) is 11.6 Å². The summed E-state index contributed by atoms with van der Waals surface area (Å²) in [5.41, 5.74) is 4.95. The summed E-state index contributed by atoms with van der Waals surface area (Å²) >= 11 is 6.20. The van der Waals surface area contributed by atoms with Crippen molar-refractivity contribution in [1.82, 2.24) is 5.43 Å². The number of hydrazone groups is 1. The molecule has 1 aliphatic rings. The summed E-state index contributed by atoms with van der Waals surface area (Å²) < 4.78 is 10.6. The Morgan fingerprint density at radius 2 is 1.82 bits per heavy atom. The summed E-state index contributed by atoms with van der Waals surface area (Å²) in [6, 6.07) is 6.97. The highest BCUT2D eigenvalue weighted by molar-refractivity contribution is 6.33. The smallest absolute Gasteiger partial charge is 0.275 e. The van der Waals surface area contributed by atoms with Crippen molar-refractivity contribution in [2.24, 2.45) is 5.10 Å². The third kappa shape index (κ3) is 4.07. The summed E-state index contributed by atoms with van der Waals surface area (Å²) in [7, 11) is 0. The lowest BCUT2D eigenvalue weighted by atomic mass is 9.92. The quantitative estimate of drug-likeness (QED) is 0.556. The molecule has 1 aliphatic heterocycles. The maximum atomic E-state index is 12.6. The molecular formula is C21H23ClN2O4. The number of phenolic OH excluding ortho intramolecular Hbond substituents is 1. The molecule has 0 aliphatic carbocycles. The molecule has 0 bridgehead atoms. The molecule has 1 amide bonds. The molecule has 2 aromatic carbocycles. The SMILES string of the molecule is CC(C)c1cc(C(=O)N/N=C\c2cc3c(cc2Cl)OCO3)c(O)c(C(C)C)c1. The number of amides is 1. The van der Waals surface area contributed by atoms with Gasteiger partial charge < -0.3 is 14.6 Å². The molecule has 2 N–H and O–H groups in total. The highest BCUT2D eigenvalue weighted by atomic mass is 35.5. The van der Waals surface area contributed by atoms with E-state index in [4.69, 9.17) is 21.1 Å². The van der Waals surface area contributed by atoms with Gasteiger partial charge in [0.05, 0.1) is 16.8 Å². The zero-order chi connectivity index (χ0) is 20.4. The maximum absolute atomic E-state index is 12.6. The number of rotatable bonds is 5. The Balaban J connectivity index is 1.83. The molecule has 148 valence electrons. The molecule has 0 unspecified atom stereocenters. The van der Waals surface area contributed by atoms with Gasteiger partial charge in [-0.15, -0.1) is 0 Å². The lowest BCUT2D eigenvalue weighted by Crippen LogP contribution is -2.19. The minimum Gasteiger partial charge on any atom is -0.507 e. The molecule has 0 fully saturated rings. The summed E-state index contributed by atoms with van der Waals surface area (Å²) in [6.07, 6.45) is 1.43. The zero-order valence-electron chi connectivity index (χ0n) is 16.2. The first-order valence-electron chi connectivity index (χ1n) is 9.07. The van der Waals surface area contributed by atoms with Crippen molar-refractivity contribution >= 4 is 23.7 Å². The zero-order valence-corrected chi connectivity index (χ0v) is 17.0. The van der Waals surface area contributed by atoms with Crippen LogP contribution in [0.2, 0.25) is 5.02 Å². The van der Waals surface area contributed by atoms with Crippen LogP contribution in [0.1, 0.15) is 66.6 Å². The normalized spacial score (nSPS) is 13.0. The molecule has 1 heterocycles. The van der Waals surface area contributed by atoms with E-state index in [1.54, 1.807) is 18.2 Å². The molecule has 0 aromatic heterocycles. The number of hydrogen-bond donors (Lipinski definition) is 2. The maximum Gasteiger partial charge on any atom is 0.275 e. The number of nitrogens with one attached hydrogen (secondary N) is 1.